The molecule has 5 heterocycles. The highest BCUT2D eigenvalue weighted by Crippen LogP contribution is 2.44. The van der Waals surface area contributed by atoms with Crippen LogP contribution in [0.5, 0.6) is 6.01 Å². The zero-order valence-corrected chi connectivity index (χ0v) is 24.3. The fourth-order valence-corrected chi connectivity index (χ4v) is 7.04. The zero-order valence-electron chi connectivity index (χ0n) is 23.5. The van der Waals surface area contributed by atoms with Crippen LogP contribution in [0.1, 0.15) is 59.3 Å². The lowest BCUT2D eigenvalue weighted by Gasteiger charge is -2.35. The summed E-state index contributed by atoms with van der Waals surface area (Å²) >= 11 is 6.04. The molecule has 0 radical (unpaired) electrons. The summed E-state index contributed by atoms with van der Waals surface area (Å²) in [5.41, 5.74) is -0.968. The van der Waals surface area contributed by atoms with E-state index in [1.165, 1.54) is 6.20 Å². The fraction of sp³-hybridized carbons (Fsp3) is 0.714. The Morgan fingerprint density at radius 1 is 1.25 bits per heavy atom. The normalized spacial score (nSPS) is 28.8. The van der Waals surface area contributed by atoms with E-state index in [0.717, 1.165) is 32.2 Å². The molecule has 0 unspecified atom stereocenters. The molecule has 40 heavy (non-hydrogen) atoms. The number of carbonyl (C=O) groups excluding carboxylic acids is 1. The summed E-state index contributed by atoms with van der Waals surface area (Å²) in [6.45, 7) is 7.61. The van der Waals surface area contributed by atoms with Crippen molar-refractivity contribution >= 4 is 34.4 Å². The van der Waals surface area contributed by atoms with Gasteiger partial charge in [0.15, 0.2) is 11.0 Å². The van der Waals surface area contributed by atoms with Gasteiger partial charge in [0.2, 0.25) is 0 Å². The average Bonchev–Trinajstić information content (AvgIpc) is 3.38. The lowest BCUT2D eigenvalue weighted by Crippen LogP contribution is -2.48. The Morgan fingerprint density at radius 2 is 2.02 bits per heavy atom. The highest BCUT2D eigenvalue weighted by Gasteiger charge is 2.50. The Bertz CT molecular complexity index is 1310. The summed E-state index contributed by atoms with van der Waals surface area (Å²) < 4.78 is 41.4. The second-order valence-corrected chi connectivity index (χ2v) is 13.1. The van der Waals surface area contributed by atoms with Crippen LogP contribution in [0, 0.1) is 11.7 Å². The maximum atomic E-state index is 15.3. The number of amides is 1. The number of anilines is 1. The van der Waals surface area contributed by atoms with Crippen LogP contribution >= 0.6 is 11.6 Å². The number of hydrogen-bond acceptors (Lipinski definition) is 8. The molecule has 1 saturated carbocycles. The van der Waals surface area contributed by atoms with Crippen LogP contribution in [0.15, 0.2) is 6.20 Å². The molecule has 3 aliphatic heterocycles. The number of halogens is 3. The van der Waals surface area contributed by atoms with Gasteiger partial charge in [0.25, 0.3) is 0 Å². The minimum atomic E-state index is -0.889. The summed E-state index contributed by atoms with van der Waals surface area (Å²) in [6.07, 6.45) is 5.27. The van der Waals surface area contributed by atoms with Crippen molar-refractivity contribution in [2.24, 2.45) is 5.92 Å². The van der Waals surface area contributed by atoms with Crippen molar-refractivity contribution in [3.63, 3.8) is 0 Å². The molecule has 4 fully saturated rings. The number of pyridine rings is 1. The lowest BCUT2D eigenvalue weighted by molar-refractivity contribution is 0.0202. The van der Waals surface area contributed by atoms with Gasteiger partial charge in [0.1, 0.15) is 29.7 Å². The predicted molar refractivity (Wildman–Crippen MR) is 147 cm³/mol. The third-order valence-corrected chi connectivity index (χ3v) is 9.08. The molecule has 1 aliphatic carbocycles. The molecule has 3 saturated heterocycles. The number of fused-ring (bicyclic) bond motifs is 2. The van der Waals surface area contributed by atoms with E-state index in [0.29, 0.717) is 43.1 Å². The summed E-state index contributed by atoms with van der Waals surface area (Å²) in [5.74, 6) is 0.0753. The molecule has 0 spiro atoms. The Labute approximate surface area is 238 Å². The second kappa shape index (κ2) is 10.1. The third-order valence-electron chi connectivity index (χ3n) is 8.82. The standard InChI is InChI=1S/C28H37ClF2N6O3/c1-27(2,3)40-26(38)37-11-8-19(22(37)16-6-7-16)35(4)24-18-13-32-23(29)20(31)21(18)33-25(34-24)39-15-28-9-5-10-36(28)14-17(30)12-28/h13,16-17,19,22H,5-12,14-15H2,1-4H3/t17-,19-,22-,28+/m1/s1. The molecule has 1 amide bonds. The number of nitrogens with zero attached hydrogens (tertiary/aromatic N) is 6. The number of rotatable bonds is 6. The molecule has 4 aliphatic rings. The van der Waals surface area contributed by atoms with Gasteiger partial charge in [0.05, 0.1) is 23.0 Å². The van der Waals surface area contributed by atoms with Crippen molar-refractivity contribution in [2.75, 3.05) is 38.2 Å². The van der Waals surface area contributed by atoms with E-state index in [1.807, 2.05) is 37.6 Å². The van der Waals surface area contributed by atoms with Crippen molar-refractivity contribution in [3.8, 4) is 6.01 Å². The predicted octanol–water partition coefficient (Wildman–Crippen LogP) is 5.00. The van der Waals surface area contributed by atoms with Gasteiger partial charge >= 0.3 is 12.1 Å². The number of likely N-dealkylation sites (N-methyl/N-ethyl adjacent to an activating group) is 1. The van der Waals surface area contributed by atoms with E-state index in [-0.39, 0.29) is 41.5 Å². The number of aromatic nitrogens is 3. The zero-order chi connectivity index (χ0) is 28.4. The fourth-order valence-electron chi connectivity index (χ4n) is 6.90. The SMILES string of the molecule is CN(c1nc(OC[C@@]23CCCN2C[C@H](F)C3)nc2c(F)c(Cl)ncc12)[C@@H]1CCN(C(=O)OC(C)(C)C)[C@@H]1C1CC1. The molecular formula is C28H37ClF2N6O3. The van der Waals surface area contributed by atoms with Crippen LogP contribution in [-0.4, -0.2) is 93.5 Å². The smallest absolute Gasteiger partial charge is 0.410 e. The topological polar surface area (TPSA) is 83.9 Å². The Morgan fingerprint density at radius 3 is 2.75 bits per heavy atom. The van der Waals surface area contributed by atoms with E-state index >= 15 is 4.39 Å². The molecule has 4 atom stereocenters. The Hall–Kier alpha value is -2.53. The number of hydrogen-bond donors (Lipinski definition) is 0. The first-order chi connectivity index (χ1) is 19.0. The number of carbonyl (C=O) groups is 1. The first-order valence-electron chi connectivity index (χ1n) is 14.2. The number of likely N-dealkylation sites (tertiary alicyclic amines) is 1. The molecule has 9 nitrogen and oxygen atoms in total. The summed E-state index contributed by atoms with van der Waals surface area (Å²) in [4.78, 5) is 32.3. The first-order valence-corrected chi connectivity index (χ1v) is 14.6. The largest absolute Gasteiger partial charge is 0.461 e. The first kappa shape index (κ1) is 27.6. The number of ether oxygens (including phenoxy) is 2. The number of alkyl halides is 1. The molecule has 2 aromatic rings. The molecule has 218 valence electrons. The van der Waals surface area contributed by atoms with Crippen LogP contribution in [0.2, 0.25) is 5.15 Å². The van der Waals surface area contributed by atoms with E-state index < -0.39 is 23.1 Å². The van der Waals surface area contributed by atoms with E-state index in [1.54, 1.807) is 0 Å². The van der Waals surface area contributed by atoms with Crippen molar-refractivity contribution in [3.05, 3.63) is 17.2 Å². The van der Waals surface area contributed by atoms with Crippen LogP contribution < -0.4 is 9.64 Å². The third kappa shape index (κ3) is 5.04. The van der Waals surface area contributed by atoms with Crippen molar-refractivity contribution in [1.82, 2.24) is 24.8 Å². The van der Waals surface area contributed by atoms with Gasteiger partial charge in [-0.15, -0.1) is 0 Å². The summed E-state index contributed by atoms with van der Waals surface area (Å²) in [5, 5.41) is 0.127. The quantitative estimate of drug-likeness (QED) is 0.443. The molecule has 6 rings (SSSR count). The molecule has 0 N–H and O–H groups in total. The van der Waals surface area contributed by atoms with Gasteiger partial charge in [-0.25, -0.2) is 18.6 Å². The maximum absolute atomic E-state index is 15.3. The summed E-state index contributed by atoms with van der Waals surface area (Å²) in [7, 11) is 1.90. The Balaban J connectivity index is 1.32. The molecule has 0 bridgehead atoms. The molecule has 0 aromatic carbocycles. The van der Waals surface area contributed by atoms with Crippen molar-refractivity contribution in [2.45, 2.75) is 88.7 Å². The molecule has 2 aromatic heterocycles. The molecule has 12 heteroatoms. The van der Waals surface area contributed by atoms with Crippen LogP contribution in [0.3, 0.4) is 0 Å². The van der Waals surface area contributed by atoms with Gasteiger partial charge in [-0.1, -0.05) is 11.6 Å². The van der Waals surface area contributed by atoms with Crippen LogP contribution in [0.4, 0.5) is 19.4 Å². The average molecular weight is 579 g/mol. The van der Waals surface area contributed by atoms with Gasteiger partial charge in [-0.3, -0.25) is 4.90 Å². The monoisotopic (exact) mass is 578 g/mol. The van der Waals surface area contributed by atoms with Gasteiger partial charge in [0, 0.05) is 32.8 Å². The van der Waals surface area contributed by atoms with E-state index in [2.05, 4.69) is 14.9 Å². The minimum absolute atomic E-state index is 0.0176. The van der Waals surface area contributed by atoms with Gasteiger partial charge in [-0.05, 0) is 65.3 Å². The van der Waals surface area contributed by atoms with Gasteiger partial charge < -0.3 is 19.3 Å². The van der Waals surface area contributed by atoms with Gasteiger partial charge in [-0.2, -0.15) is 9.97 Å². The highest BCUT2D eigenvalue weighted by molar-refractivity contribution is 6.30. The minimum Gasteiger partial charge on any atom is -0.461 e. The second-order valence-electron chi connectivity index (χ2n) is 12.8. The molecular weight excluding hydrogens is 542 g/mol. The van der Waals surface area contributed by atoms with Crippen LogP contribution in [0.25, 0.3) is 10.9 Å². The van der Waals surface area contributed by atoms with Crippen LogP contribution in [-0.2, 0) is 4.74 Å². The highest BCUT2D eigenvalue weighted by atomic mass is 35.5. The van der Waals surface area contributed by atoms with E-state index in [9.17, 15) is 9.18 Å². The van der Waals surface area contributed by atoms with Crippen molar-refractivity contribution in [1.29, 1.82) is 0 Å². The Kier molecular flexibility index (Phi) is 6.96. The summed E-state index contributed by atoms with van der Waals surface area (Å²) in [6, 6.07) is -0.120. The maximum Gasteiger partial charge on any atom is 0.410 e. The lowest BCUT2D eigenvalue weighted by atomic mass is 9.95. The van der Waals surface area contributed by atoms with E-state index in [4.69, 9.17) is 26.1 Å². The van der Waals surface area contributed by atoms with Crippen molar-refractivity contribution < 1.29 is 23.0 Å².